The molecule has 0 aliphatic heterocycles. The molecule has 0 amide bonds. The molecule has 0 bridgehead atoms. The molecule has 0 spiro atoms. The summed E-state index contributed by atoms with van der Waals surface area (Å²) in [6.07, 6.45) is -7.07. The Morgan fingerprint density at radius 2 is 1.44 bits per heavy atom. The fourth-order valence-electron chi connectivity index (χ4n) is 3.44. The molecule has 3 aromatic rings. The Balaban J connectivity index is 1.85. The number of ether oxygens (including phenoxy) is 1. The van der Waals surface area contributed by atoms with Crippen LogP contribution in [0.1, 0.15) is 29.2 Å². The lowest BCUT2D eigenvalue weighted by Gasteiger charge is -2.19. The second kappa shape index (κ2) is 10.4. The molecule has 3 aromatic carbocycles. The molecular weight excluding hydrogens is 461 g/mol. The van der Waals surface area contributed by atoms with E-state index in [1.165, 1.54) is 30.3 Å². The van der Waals surface area contributed by atoms with E-state index in [0.29, 0.717) is 23.6 Å². The molecule has 1 atom stereocenters. The van der Waals surface area contributed by atoms with Gasteiger partial charge in [-0.2, -0.15) is 13.2 Å². The number of hydrogen-bond acceptors (Lipinski definition) is 1. The van der Waals surface area contributed by atoms with Gasteiger partial charge in [-0.05, 0) is 35.2 Å². The van der Waals surface area contributed by atoms with E-state index in [2.05, 4.69) is 4.74 Å². The minimum Gasteiger partial charge on any atom is -0.372 e. The summed E-state index contributed by atoms with van der Waals surface area (Å²) in [5.74, 6) is -4.22. The van der Waals surface area contributed by atoms with Gasteiger partial charge < -0.3 is 4.74 Å². The number of alkyl halides is 3. The fraction of sp³-hybridized carbons (Fsp3) is 0.231. The third kappa shape index (κ3) is 5.67. The van der Waals surface area contributed by atoms with E-state index in [-0.39, 0.29) is 11.1 Å². The molecule has 0 fully saturated rings. The van der Waals surface area contributed by atoms with E-state index >= 15 is 0 Å². The predicted octanol–water partition coefficient (Wildman–Crippen LogP) is 8.08. The summed E-state index contributed by atoms with van der Waals surface area (Å²) >= 11 is 0. The number of benzene rings is 3. The van der Waals surface area contributed by atoms with Crippen molar-refractivity contribution >= 4 is 11.7 Å². The molecule has 0 heterocycles. The summed E-state index contributed by atoms with van der Waals surface area (Å²) in [5.41, 5.74) is 0.618. The van der Waals surface area contributed by atoms with Crippen molar-refractivity contribution in [3.05, 3.63) is 94.6 Å². The van der Waals surface area contributed by atoms with Crippen molar-refractivity contribution in [2.24, 2.45) is 0 Å². The van der Waals surface area contributed by atoms with E-state index in [4.69, 9.17) is 0 Å². The van der Waals surface area contributed by atoms with Gasteiger partial charge >= 0.3 is 6.18 Å². The van der Waals surface area contributed by atoms with Crippen LogP contribution in [0.3, 0.4) is 0 Å². The van der Waals surface area contributed by atoms with E-state index < -0.39 is 47.6 Å². The van der Waals surface area contributed by atoms with Gasteiger partial charge in [0.15, 0.2) is 17.8 Å². The summed E-state index contributed by atoms with van der Waals surface area (Å²) in [4.78, 5) is 0. The zero-order valence-electron chi connectivity index (χ0n) is 18.3. The van der Waals surface area contributed by atoms with Crippen molar-refractivity contribution in [1.29, 1.82) is 0 Å². The molecule has 0 radical (unpaired) electrons. The molecular formula is C26H21F7O. The summed E-state index contributed by atoms with van der Waals surface area (Å²) < 4.78 is 101. The average molecular weight is 482 g/mol. The normalized spacial score (nSPS) is 13.6. The SMILES string of the molecule is CCc1ccc(-c2ccc(/C(F)=C(/F)c3ccc(CC(OC)C(F)(F)F)c(F)c3)cc2)c(F)c1. The Labute approximate surface area is 192 Å². The van der Waals surface area contributed by atoms with Gasteiger partial charge in [-0.25, -0.2) is 17.6 Å². The average Bonchev–Trinajstić information content (AvgIpc) is 2.81. The highest BCUT2D eigenvalue weighted by molar-refractivity contribution is 5.83. The number of hydrogen-bond donors (Lipinski definition) is 0. The van der Waals surface area contributed by atoms with Crippen molar-refractivity contribution in [3.63, 3.8) is 0 Å². The number of rotatable bonds is 7. The molecule has 0 aliphatic rings. The Bertz CT molecular complexity index is 1180. The first-order valence-corrected chi connectivity index (χ1v) is 10.4. The van der Waals surface area contributed by atoms with Gasteiger partial charge in [0.2, 0.25) is 0 Å². The van der Waals surface area contributed by atoms with Crippen molar-refractivity contribution in [1.82, 2.24) is 0 Å². The van der Waals surface area contributed by atoms with Crippen LogP contribution in [0.15, 0.2) is 60.7 Å². The first kappa shape index (κ1) is 25.5. The summed E-state index contributed by atoms with van der Waals surface area (Å²) in [6, 6.07) is 12.7. The highest BCUT2D eigenvalue weighted by atomic mass is 19.4. The number of methoxy groups -OCH3 is 1. The minimum atomic E-state index is -4.70. The lowest BCUT2D eigenvalue weighted by molar-refractivity contribution is -0.212. The maximum Gasteiger partial charge on any atom is 0.414 e. The molecule has 0 aromatic heterocycles. The first-order chi connectivity index (χ1) is 16.0. The van der Waals surface area contributed by atoms with Crippen LogP contribution in [-0.2, 0) is 17.6 Å². The summed E-state index contributed by atoms with van der Waals surface area (Å²) in [6.45, 7) is 1.89. The second-order valence-electron chi connectivity index (χ2n) is 7.65. The monoisotopic (exact) mass is 482 g/mol. The van der Waals surface area contributed by atoms with Gasteiger partial charge in [-0.15, -0.1) is 0 Å². The standard InChI is InChI=1S/C26H21F7O/c1-3-15-4-11-20(22(28)12-15)16-5-7-17(8-6-16)24(29)25(30)19-10-9-18(21(27)13-19)14-23(34-2)26(31,32)33/h4-13,23H,3,14H2,1-2H3/b25-24-. The van der Waals surface area contributed by atoms with E-state index in [1.807, 2.05) is 6.92 Å². The highest BCUT2D eigenvalue weighted by Crippen LogP contribution is 2.33. The largest absolute Gasteiger partial charge is 0.414 e. The van der Waals surface area contributed by atoms with Crippen LogP contribution >= 0.6 is 0 Å². The molecule has 1 unspecified atom stereocenters. The van der Waals surface area contributed by atoms with Crippen LogP contribution in [0, 0.1) is 11.6 Å². The Morgan fingerprint density at radius 3 is 1.97 bits per heavy atom. The zero-order valence-corrected chi connectivity index (χ0v) is 18.3. The molecule has 3 rings (SSSR count). The lowest BCUT2D eigenvalue weighted by atomic mass is 10.00. The van der Waals surface area contributed by atoms with Crippen LogP contribution in [0.4, 0.5) is 30.7 Å². The molecule has 180 valence electrons. The van der Waals surface area contributed by atoms with Crippen LogP contribution in [-0.4, -0.2) is 19.4 Å². The maximum absolute atomic E-state index is 14.7. The molecule has 1 nitrogen and oxygen atoms in total. The van der Waals surface area contributed by atoms with E-state index in [1.54, 1.807) is 12.1 Å². The summed E-state index contributed by atoms with van der Waals surface area (Å²) in [7, 11) is 0.849. The second-order valence-corrected chi connectivity index (χ2v) is 7.65. The van der Waals surface area contributed by atoms with Crippen molar-refractivity contribution in [3.8, 4) is 11.1 Å². The number of halogens is 7. The Morgan fingerprint density at radius 1 is 0.824 bits per heavy atom. The smallest absolute Gasteiger partial charge is 0.372 e. The fourth-order valence-corrected chi connectivity index (χ4v) is 3.44. The molecule has 0 saturated carbocycles. The van der Waals surface area contributed by atoms with Gasteiger partial charge in [0.1, 0.15) is 11.6 Å². The highest BCUT2D eigenvalue weighted by Gasteiger charge is 2.40. The van der Waals surface area contributed by atoms with Crippen molar-refractivity contribution in [2.45, 2.75) is 32.0 Å². The van der Waals surface area contributed by atoms with E-state index in [9.17, 15) is 30.7 Å². The third-order valence-corrected chi connectivity index (χ3v) is 5.45. The van der Waals surface area contributed by atoms with Crippen LogP contribution < -0.4 is 0 Å². The van der Waals surface area contributed by atoms with Crippen LogP contribution in [0.25, 0.3) is 22.8 Å². The van der Waals surface area contributed by atoms with Gasteiger partial charge in [-0.3, -0.25) is 0 Å². The minimum absolute atomic E-state index is 0.159. The number of aryl methyl sites for hydroxylation is 1. The van der Waals surface area contributed by atoms with Crippen LogP contribution in [0.2, 0.25) is 0 Å². The quantitative estimate of drug-likeness (QED) is 0.244. The van der Waals surface area contributed by atoms with Crippen LogP contribution in [0.5, 0.6) is 0 Å². The Hall–Kier alpha value is -3.13. The lowest BCUT2D eigenvalue weighted by Crippen LogP contribution is -2.32. The zero-order chi connectivity index (χ0) is 25.0. The Kier molecular flexibility index (Phi) is 7.82. The van der Waals surface area contributed by atoms with Gasteiger partial charge in [0.05, 0.1) is 0 Å². The van der Waals surface area contributed by atoms with Crippen molar-refractivity contribution < 1.29 is 35.5 Å². The predicted molar refractivity (Wildman–Crippen MR) is 117 cm³/mol. The van der Waals surface area contributed by atoms with E-state index in [0.717, 1.165) is 24.8 Å². The third-order valence-electron chi connectivity index (χ3n) is 5.45. The molecule has 34 heavy (non-hydrogen) atoms. The van der Waals surface area contributed by atoms with Gasteiger partial charge in [-0.1, -0.05) is 55.5 Å². The summed E-state index contributed by atoms with van der Waals surface area (Å²) in [5, 5.41) is 0. The first-order valence-electron chi connectivity index (χ1n) is 10.4. The maximum atomic E-state index is 14.7. The molecule has 0 saturated heterocycles. The van der Waals surface area contributed by atoms with Crippen molar-refractivity contribution in [2.75, 3.05) is 7.11 Å². The van der Waals surface area contributed by atoms with Gasteiger partial charge in [0.25, 0.3) is 0 Å². The molecule has 8 heteroatoms. The molecule has 0 N–H and O–H groups in total. The topological polar surface area (TPSA) is 9.23 Å². The molecule has 0 aliphatic carbocycles. The van der Waals surface area contributed by atoms with Gasteiger partial charge in [0, 0.05) is 30.2 Å².